The predicted molar refractivity (Wildman–Crippen MR) is 83.1 cm³/mol. The number of hydrogen-bond acceptors (Lipinski definition) is 5. The third-order valence-corrected chi connectivity index (χ3v) is 6.01. The molecule has 0 amide bonds. The van der Waals surface area contributed by atoms with Crippen LogP contribution in [-0.4, -0.2) is 41.2 Å². The van der Waals surface area contributed by atoms with Crippen molar-refractivity contribution in [2.45, 2.75) is 12.5 Å². The second-order valence-electron chi connectivity index (χ2n) is 5.16. The van der Waals surface area contributed by atoms with E-state index >= 15 is 0 Å². The summed E-state index contributed by atoms with van der Waals surface area (Å²) in [5, 5.41) is 3.72. The molecule has 2 rings (SSSR count). The lowest BCUT2D eigenvalue weighted by Gasteiger charge is -2.24. The van der Waals surface area contributed by atoms with E-state index in [0.29, 0.717) is 22.9 Å². The molecule has 5 nitrogen and oxygen atoms in total. The predicted octanol–water partition coefficient (Wildman–Crippen LogP) is 2.05. The van der Waals surface area contributed by atoms with Crippen molar-refractivity contribution in [3.8, 4) is 11.5 Å². The van der Waals surface area contributed by atoms with Crippen LogP contribution in [0.1, 0.15) is 18.0 Å². The summed E-state index contributed by atoms with van der Waals surface area (Å²) in [7, 11) is 1.98. The monoisotopic (exact) mass is 333 g/mol. The molecule has 0 spiro atoms. The van der Waals surface area contributed by atoms with Crippen LogP contribution in [0.5, 0.6) is 11.5 Å². The van der Waals surface area contributed by atoms with Crippen molar-refractivity contribution in [1.82, 2.24) is 5.32 Å². The van der Waals surface area contributed by atoms with E-state index < -0.39 is 9.84 Å². The largest absolute Gasteiger partial charge is 0.493 e. The molecule has 0 bridgehead atoms. The van der Waals surface area contributed by atoms with Crippen molar-refractivity contribution in [2.75, 3.05) is 32.8 Å². The van der Waals surface area contributed by atoms with Crippen molar-refractivity contribution in [3.05, 3.63) is 22.7 Å². The average Bonchev–Trinajstić information content (AvgIpc) is 2.81. The Labute approximate surface area is 130 Å². The highest BCUT2D eigenvalue weighted by atomic mass is 35.5. The summed E-state index contributed by atoms with van der Waals surface area (Å²) in [6, 6.07) is 3.38. The van der Waals surface area contributed by atoms with E-state index in [1.807, 2.05) is 13.1 Å². The second kappa shape index (κ2) is 6.42. The molecule has 1 N–H and O–H groups in total. The summed E-state index contributed by atoms with van der Waals surface area (Å²) in [5.74, 6) is 1.57. The van der Waals surface area contributed by atoms with E-state index in [1.165, 1.54) is 0 Å². The van der Waals surface area contributed by atoms with Gasteiger partial charge in [0.05, 0.1) is 25.7 Å². The van der Waals surface area contributed by atoms with Crippen LogP contribution in [0.2, 0.25) is 5.02 Å². The van der Waals surface area contributed by atoms with Crippen molar-refractivity contribution in [2.24, 2.45) is 5.92 Å². The number of methoxy groups -OCH3 is 2. The van der Waals surface area contributed by atoms with Crippen LogP contribution >= 0.6 is 11.6 Å². The van der Waals surface area contributed by atoms with Gasteiger partial charge in [0.1, 0.15) is 0 Å². The summed E-state index contributed by atoms with van der Waals surface area (Å²) in [6.45, 7) is 0. The Morgan fingerprint density at radius 2 is 1.90 bits per heavy atom. The maximum absolute atomic E-state index is 11.7. The number of ether oxygens (including phenoxy) is 2. The Balaban J connectivity index is 2.38. The lowest BCUT2D eigenvalue weighted by atomic mass is 9.92. The number of sulfone groups is 1. The third-order valence-electron chi connectivity index (χ3n) is 3.89. The first-order chi connectivity index (χ1) is 9.91. The molecule has 1 aliphatic heterocycles. The summed E-state index contributed by atoms with van der Waals surface area (Å²) in [5.41, 5.74) is 0.832. The van der Waals surface area contributed by atoms with Gasteiger partial charge in [-0.1, -0.05) is 11.6 Å². The van der Waals surface area contributed by atoms with Gasteiger partial charge in [-0.15, -0.1) is 0 Å². The van der Waals surface area contributed by atoms with Gasteiger partial charge < -0.3 is 14.8 Å². The van der Waals surface area contributed by atoms with Crippen LogP contribution in [0.4, 0.5) is 0 Å². The molecule has 0 aromatic heterocycles. The van der Waals surface area contributed by atoms with Crippen LogP contribution < -0.4 is 14.8 Å². The Morgan fingerprint density at radius 1 is 1.29 bits per heavy atom. The highest BCUT2D eigenvalue weighted by molar-refractivity contribution is 7.91. The van der Waals surface area contributed by atoms with E-state index in [9.17, 15) is 8.42 Å². The van der Waals surface area contributed by atoms with E-state index in [2.05, 4.69) is 5.32 Å². The molecule has 1 saturated heterocycles. The number of nitrogens with one attached hydrogen (secondary N) is 1. The van der Waals surface area contributed by atoms with Gasteiger partial charge in [0.15, 0.2) is 21.3 Å². The van der Waals surface area contributed by atoms with E-state index in [1.54, 1.807) is 20.3 Å². The topological polar surface area (TPSA) is 64.6 Å². The zero-order valence-corrected chi connectivity index (χ0v) is 13.9. The molecule has 0 saturated carbocycles. The molecule has 118 valence electrons. The van der Waals surface area contributed by atoms with Gasteiger partial charge in [-0.2, -0.15) is 0 Å². The van der Waals surface area contributed by atoms with Crippen molar-refractivity contribution in [1.29, 1.82) is 0 Å². The van der Waals surface area contributed by atoms with Crippen LogP contribution in [0.15, 0.2) is 12.1 Å². The highest BCUT2D eigenvalue weighted by Crippen LogP contribution is 2.40. The number of rotatable bonds is 5. The highest BCUT2D eigenvalue weighted by Gasteiger charge is 2.35. The van der Waals surface area contributed by atoms with Gasteiger partial charge >= 0.3 is 0 Å². The van der Waals surface area contributed by atoms with Gasteiger partial charge in [-0.3, -0.25) is 0 Å². The molecule has 0 radical (unpaired) electrons. The summed E-state index contributed by atoms with van der Waals surface area (Å²) in [4.78, 5) is 0. The first kappa shape index (κ1) is 16.4. The molecule has 1 fully saturated rings. The van der Waals surface area contributed by atoms with Crippen molar-refractivity contribution < 1.29 is 17.9 Å². The van der Waals surface area contributed by atoms with Crippen molar-refractivity contribution >= 4 is 21.4 Å². The average molecular weight is 334 g/mol. The second-order valence-corrected chi connectivity index (χ2v) is 7.79. The van der Waals surface area contributed by atoms with E-state index in [0.717, 1.165) is 5.56 Å². The maximum atomic E-state index is 11.7. The normalized spacial score (nSPS) is 22.0. The standard InChI is InChI=1S/C14H20ClNO4S/c1-16-14(9-4-5-21(17,18)8-9)10-6-12(19-2)13(20-3)7-11(10)15/h6-7,9,14,16H,4-5,8H2,1-3H3. The third kappa shape index (κ3) is 3.44. The molecule has 2 atom stereocenters. The lowest BCUT2D eigenvalue weighted by molar-refractivity contribution is 0.352. The molecule has 1 heterocycles. The lowest BCUT2D eigenvalue weighted by Crippen LogP contribution is -2.26. The molecule has 1 aromatic rings. The molecular weight excluding hydrogens is 314 g/mol. The Morgan fingerprint density at radius 3 is 2.38 bits per heavy atom. The van der Waals surface area contributed by atoms with Crippen LogP contribution in [0, 0.1) is 5.92 Å². The first-order valence-corrected chi connectivity index (χ1v) is 8.91. The zero-order chi connectivity index (χ0) is 15.6. The van der Waals surface area contributed by atoms with Crippen LogP contribution in [0.25, 0.3) is 0 Å². The molecular formula is C14H20ClNO4S. The van der Waals surface area contributed by atoms with Gasteiger partial charge in [-0.05, 0) is 31.0 Å². The number of hydrogen-bond donors (Lipinski definition) is 1. The fraction of sp³-hybridized carbons (Fsp3) is 0.571. The molecule has 7 heteroatoms. The minimum atomic E-state index is -2.94. The fourth-order valence-electron chi connectivity index (χ4n) is 2.84. The van der Waals surface area contributed by atoms with Crippen LogP contribution in [-0.2, 0) is 9.84 Å². The molecule has 21 heavy (non-hydrogen) atoms. The maximum Gasteiger partial charge on any atom is 0.162 e. The SMILES string of the molecule is CNC(c1cc(OC)c(OC)cc1Cl)C1CCS(=O)(=O)C1. The van der Waals surface area contributed by atoms with Crippen molar-refractivity contribution in [3.63, 3.8) is 0 Å². The molecule has 2 unspecified atom stereocenters. The van der Waals surface area contributed by atoms with Gasteiger partial charge in [0.2, 0.25) is 0 Å². The van der Waals surface area contributed by atoms with Gasteiger partial charge in [0, 0.05) is 17.1 Å². The summed E-state index contributed by atoms with van der Waals surface area (Å²) >= 11 is 6.34. The Hall–Kier alpha value is -0.980. The van der Waals surface area contributed by atoms with E-state index in [4.69, 9.17) is 21.1 Å². The fourth-order valence-corrected chi connectivity index (χ4v) is 4.95. The molecule has 1 aromatic carbocycles. The summed E-state index contributed by atoms with van der Waals surface area (Å²) in [6.07, 6.45) is 0.637. The van der Waals surface area contributed by atoms with Gasteiger partial charge in [0.25, 0.3) is 0 Å². The van der Waals surface area contributed by atoms with Crippen LogP contribution in [0.3, 0.4) is 0 Å². The quantitative estimate of drug-likeness (QED) is 0.893. The minimum absolute atomic E-state index is 0.00982. The Kier molecular flexibility index (Phi) is 5.01. The smallest absolute Gasteiger partial charge is 0.162 e. The molecule has 0 aliphatic carbocycles. The number of benzene rings is 1. The van der Waals surface area contributed by atoms with Gasteiger partial charge in [-0.25, -0.2) is 8.42 Å². The summed E-state index contributed by atoms with van der Waals surface area (Å²) < 4.78 is 33.9. The number of halogens is 1. The Bertz CT molecular complexity index is 618. The first-order valence-electron chi connectivity index (χ1n) is 6.71. The van der Waals surface area contributed by atoms with E-state index in [-0.39, 0.29) is 23.5 Å². The zero-order valence-electron chi connectivity index (χ0n) is 12.3. The minimum Gasteiger partial charge on any atom is -0.493 e. The molecule has 1 aliphatic rings.